The number of aryl methyl sites for hydroxylation is 1. The summed E-state index contributed by atoms with van der Waals surface area (Å²) in [6.45, 7) is 5.24. The fourth-order valence-electron chi connectivity index (χ4n) is 4.52. The van der Waals surface area contributed by atoms with Crippen molar-refractivity contribution < 1.29 is 22.4 Å². The second-order valence-corrected chi connectivity index (χ2v) is 9.25. The molecule has 3 heterocycles. The normalized spacial score (nSPS) is 18.8. The summed E-state index contributed by atoms with van der Waals surface area (Å²) in [5.74, 6) is -0.689. The Morgan fingerprint density at radius 3 is 2.59 bits per heavy atom. The van der Waals surface area contributed by atoms with Gasteiger partial charge in [0.1, 0.15) is 17.7 Å². The summed E-state index contributed by atoms with van der Waals surface area (Å²) >= 11 is 5.99. The quantitative estimate of drug-likeness (QED) is 0.486. The van der Waals surface area contributed by atoms with Gasteiger partial charge in [-0.25, -0.2) is 9.37 Å². The smallest absolute Gasteiger partial charge is 0.345 e. The number of likely N-dealkylation sites (tertiary alicyclic amines) is 1. The van der Waals surface area contributed by atoms with E-state index < -0.39 is 23.6 Å². The van der Waals surface area contributed by atoms with E-state index in [9.17, 15) is 22.4 Å². The van der Waals surface area contributed by atoms with Crippen LogP contribution in [0.2, 0.25) is 5.02 Å². The minimum atomic E-state index is -4.50. The zero-order valence-corrected chi connectivity index (χ0v) is 19.7. The largest absolute Gasteiger partial charge is 0.416 e. The van der Waals surface area contributed by atoms with Crippen molar-refractivity contribution in [2.24, 2.45) is 0 Å². The van der Waals surface area contributed by atoms with Crippen LogP contribution in [0.15, 0.2) is 30.3 Å². The molecule has 1 aromatic heterocycles. The van der Waals surface area contributed by atoms with Crippen molar-refractivity contribution in [3.8, 4) is 0 Å². The number of halogens is 5. The molecular formula is C24H27ClF4N4O. The van der Waals surface area contributed by atoms with E-state index in [0.717, 1.165) is 38.2 Å². The molecule has 184 valence electrons. The number of carbonyl (C=O) groups excluding carboxylic acids is 1. The molecule has 2 aliphatic rings. The molecule has 0 bridgehead atoms. The highest BCUT2D eigenvalue weighted by molar-refractivity contribution is 6.31. The molecule has 0 spiro atoms. The van der Waals surface area contributed by atoms with Crippen LogP contribution >= 0.6 is 11.6 Å². The van der Waals surface area contributed by atoms with Crippen LogP contribution in [0.25, 0.3) is 0 Å². The number of nitrogens with zero attached hydrogens (tertiary/aromatic N) is 4. The molecule has 1 aromatic carbocycles. The molecule has 1 amide bonds. The molecule has 0 N–H and O–H groups in total. The van der Waals surface area contributed by atoms with E-state index in [1.807, 2.05) is 0 Å². The van der Waals surface area contributed by atoms with Gasteiger partial charge in [0.25, 0.3) is 0 Å². The first-order chi connectivity index (χ1) is 16.1. The van der Waals surface area contributed by atoms with Crippen molar-refractivity contribution in [3.05, 3.63) is 52.4 Å². The summed E-state index contributed by atoms with van der Waals surface area (Å²) < 4.78 is 53.9. The van der Waals surface area contributed by atoms with E-state index >= 15 is 0 Å². The Labute approximate surface area is 201 Å². The number of hydrogen-bond acceptors (Lipinski definition) is 4. The van der Waals surface area contributed by atoms with Crippen LogP contribution < -0.4 is 9.80 Å². The molecule has 0 radical (unpaired) electrons. The molecule has 2 aromatic rings. The van der Waals surface area contributed by atoms with Gasteiger partial charge in [0, 0.05) is 24.5 Å². The monoisotopic (exact) mass is 498 g/mol. The molecule has 4 rings (SSSR count). The molecule has 1 atom stereocenters. The van der Waals surface area contributed by atoms with Crippen molar-refractivity contribution in [1.29, 1.82) is 0 Å². The Morgan fingerprint density at radius 2 is 1.94 bits per heavy atom. The highest BCUT2D eigenvalue weighted by Gasteiger charge is 2.37. The van der Waals surface area contributed by atoms with Crippen LogP contribution in [0, 0.1) is 12.7 Å². The zero-order valence-electron chi connectivity index (χ0n) is 18.9. The summed E-state index contributed by atoms with van der Waals surface area (Å²) in [7, 11) is 0. The second-order valence-electron chi connectivity index (χ2n) is 8.84. The van der Waals surface area contributed by atoms with Gasteiger partial charge >= 0.3 is 6.18 Å². The Hall–Kier alpha value is -2.39. The van der Waals surface area contributed by atoms with Gasteiger partial charge in [0.2, 0.25) is 5.91 Å². The number of benzene rings is 1. The van der Waals surface area contributed by atoms with Crippen LogP contribution in [0.3, 0.4) is 0 Å². The SMILES string of the molecule is Cc1cc(C(F)(F)F)cc(N2CCC[C@H]2C(=O)N(CCCN2CCC2)c2ccc(F)c(Cl)c2)n1. The summed E-state index contributed by atoms with van der Waals surface area (Å²) in [6.07, 6.45) is -1.48. The van der Waals surface area contributed by atoms with Gasteiger partial charge in [0.05, 0.1) is 10.6 Å². The second kappa shape index (κ2) is 10.1. The van der Waals surface area contributed by atoms with Gasteiger partial charge < -0.3 is 14.7 Å². The average Bonchev–Trinajstić information content (AvgIpc) is 3.23. The van der Waals surface area contributed by atoms with Crippen molar-refractivity contribution >= 4 is 29.0 Å². The Kier molecular flexibility index (Phi) is 7.33. The lowest BCUT2D eigenvalue weighted by atomic mass is 10.1. The van der Waals surface area contributed by atoms with Crippen molar-refractivity contribution in [1.82, 2.24) is 9.88 Å². The van der Waals surface area contributed by atoms with Gasteiger partial charge in [-0.05, 0) is 82.6 Å². The van der Waals surface area contributed by atoms with E-state index in [-0.39, 0.29) is 22.4 Å². The number of alkyl halides is 3. The first-order valence-corrected chi connectivity index (χ1v) is 11.8. The minimum absolute atomic E-state index is 0.0866. The third kappa shape index (κ3) is 5.46. The molecule has 2 saturated heterocycles. The molecule has 10 heteroatoms. The third-order valence-electron chi connectivity index (χ3n) is 6.38. The molecule has 34 heavy (non-hydrogen) atoms. The van der Waals surface area contributed by atoms with E-state index in [4.69, 9.17) is 11.6 Å². The molecular weight excluding hydrogens is 472 g/mol. The molecule has 0 saturated carbocycles. The maximum atomic E-state index is 13.8. The number of amides is 1. The lowest BCUT2D eigenvalue weighted by Crippen LogP contribution is -2.47. The maximum absolute atomic E-state index is 13.8. The molecule has 0 unspecified atom stereocenters. The number of carbonyl (C=O) groups is 1. The Balaban J connectivity index is 1.60. The molecule has 2 fully saturated rings. The number of hydrogen-bond donors (Lipinski definition) is 0. The van der Waals surface area contributed by atoms with Crippen molar-refractivity contribution in [3.63, 3.8) is 0 Å². The van der Waals surface area contributed by atoms with E-state index in [1.165, 1.54) is 25.1 Å². The summed E-state index contributed by atoms with van der Waals surface area (Å²) in [5, 5.41) is -0.0866. The summed E-state index contributed by atoms with van der Waals surface area (Å²) in [6, 6.07) is 5.49. The molecule has 2 aliphatic heterocycles. The van der Waals surface area contributed by atoms with Gasteiger partial charge in [-0.3, -0.25) is 4.79 Å². The van der Waals surface area contributed by atoms with Gasteiger partial charge in [-0.15, -0.1) is 0 Å². The third-order valence-corrected chi connectivity index (χ3v) is 6.67. The summed E-state index contributed by atoms with van der Waals surface area (Å²) in [4.78, 5) is 23.6. The zero-order chi connectivity index (χ0) is 24.5. The fraction of sp³-hybridized carbons (Fsp3) is 0.500. The lowest BCUT2D eigenvalue weighted by molar-refractivity contribution is -0.137. The van der Waals surface area contributed by atoms with Crippen LogP contribution in [0.1, 0.15) is 36.9 Å². The number of aromatic nitrogens is 1. The van der Waals surface area contributed by atoms with Gasteiger partial charge in [-0.2, -0.15) is 13.2 Å². The molecule has 0 aliphatic carbocycles. The Morgan fingerprint density at radius 1 is 1.18 bits per heavy atom. The van der Waals surface area contributed by atoms with Gasteiger partial charge in [0.15, 0.2) is 0 Å². The highest BCUT2D eigenvalue weighted by atomic mass is 35.5. The standard InChI is InChI=1S/C24H27ClF4N4O/c1-16-13-17(24(27,28)29)14-22(30-16)33-11-2-5-21(33)23(34)32(12-4-10-31-8-3-9-31)18-6-7-20(26)19(25)15-18/h6-7,13-15,21H,2-5,8-12H2,1H3/t21-/m0/s1. The van der Waals surface area contributed by atoms with Crippen LogP contribution in [0.4, 0.5) is 29.1 Å². The van der Waals surface area contributed by atoms with Crippen LogP contribution in [-0.2, 0) is 11.0 Å². The number of anilines is 2. The summed E-state index contributed by atoms with van der Waals surface area (Å²) in [5.41, 5.74) is -0.0792. The predicted molar refractivity (Wildman–Crippen MR) is 124 cm³/mol. The van der Waals surface area contributed by atoms with Crippen LogP contribution in [-0.4, -0.2) is 54.6 Å². The van der Waals surface area contributed by atoms with E-state index in [1.54, 1.807) is 9.80 Å². The van der Waals surface area contributed by atoms with Gasteiger partial charge in [-0.1, -0.05) is 11.6 Å². The first kappa shape index (κ1) is 24.7. The lowest BCUT2D eigenvalue weighted by Gasteiger charge is -2.34. The van der Waals surface area contributed by atoms with Crippen molar-refractivity contribution in [2.75, 3.05) is 42.5 Å². The number of rotatable bonds is 7. The topological polar surface area (TPSA) is 39.7 Å². The predicted octanol–water partition coefficient (Wildman–Crippen LogP) is 5.30. The van der Waals surface area contributed by atoms with Crippen LogP contribution in [0.5, 0.6) is 0 Å². The van der Waals surface area contributed by atoms with E-state index in [0.29, 0.717) is 38.0 Å². The van der Waals surface area contributed by atoms with E-state index in [2.05, 4.69) is 9.88 Å². The molecule has 5 nitrogen and oxygen atoms in total. The van der Waals surface area contributed by atoms with Crippen molar-refractivity contribution in [2.45, 2.75) is 44.8 Å². The average molecular weight is 499 g/mol. The highest BCUT2D eigenvalue weighted by Crippen LogP contribution is 2.34. The maximum Gasteiger partial charge on any atom is 0.416 e. The number of pyridine rings is 1. The first-order valence-electron chi connectivity index (χ1n) is 11.4. The Bertz CT molecular complexity index is 1040. The fourth-order valence-corrected chi connectivity index (χ4v) is 4.69. The minimum Gasteiger partial charge on any atom is -0.345 e.